The molecule has 4 nitrogen and oxygen atoms in total. The molecule has 1 aliphatic rings. The summed E-state index contributed by atoms with van der Waals surface area (Å²) in [7, 11) is 1.64. The van der Waals surface area contributed by atoms with Crippen LogP contribution < -0.4 is 9.47 Å². The summed E-state index contributed by atoms with van der Waals surface area (Å²) < 4.78 is 11.6. The lowest BCUT2D eigenvalue weighted by atomic mass is 9.97. The van der Waals surface area contributed by atoms with E-state index in [0.29, 0.717) is 5.75 Å². The first-order valence-electron chi connectivity index (χ1n) is 8.65. The van der Waals surface area contributed by atoms with E-state index >= 15 is 0 Å². The monoisotopic (exact) mass is 337 g/mol. The quantitative estimate of drug-likeness (QED) is 0.732. The van der Waals surface area contributed by atoms with E-state index < -0.39 is 0 Å². The molecule has 0 saturated heterocycles. The first-order chi connectivity index (χ1) is 12.2. The van der Waals surface area contributed by atoms with E-state index in [4.69, 9.17) is 9.47 Å². The van der Waals surface area contributed by atoms with E-state index in [-0.39, 0.29) is 11.9 Å². The van der Waals surface area contributed by atoms with E-state index in [1.54, 1.807) is 32.5 Å². The molecule has 0 radical (unpaired) electrons. The zero-order valence-corrected chi connectivity index (χ0v) is 14.7. The highest BCUT2D eigenvalue weighted by molar-refractivity contribution is 5.99. The highest BCUT2D eigenvalue weighted by Gasteiger charge is 2.19. The molecule has 2 aromatic rings. The van der Waals surface area contributed by atoms with E-state index in [1.807, 2.05) is 30.3 Å². The molecule has 3 rings (SSSR count). The van der Waals surface area contributed by atoms with Gasteiger partial charge in [0.05, 0.1) is 13.2 Å². The molecule has 1 aromatic carbocycles. The van der Waals surface area contributed by atoms with Gasteiger partial charge in [-0.05, 0) is 79.6 Å². The molecule has 25 heavy (non-hydrogen) atoms. The van der Waals surface area contributed by atoms with Crippen LogP contribution in [0.15, 0.2) is 48.8 Å². The first-order valence-corrected chi connectivity index (χ1v) is 8.65. The van der Waals surface area contributed by atoms with Crippen molar-refractivity contribution in [2.75, 3.05) is 7.11 Å². The molecule has 1 saturated carbocycles. The topological polar surface area (TPSA) is 48.4 Å². The predicted molar refractivity (Wildman–Crippen MR) is 97.9 cm³/mol. The van der Waals surface area contributed by atoms with E-state index in [2.05, 4.69) is 4.98 Å². The summed E-state index contributed by atoms with van der Waals surface area (Å²) in [5.41, 5.74) is 2.73. The smallest absolute Gasteiger partial charge is 0.162 e. The van der Waals surface area contributed by atoms with Crippen molar-refractivity contribution in [1.29, 1.82) is 0 Å². The Morgan fingerprint density at radius 2 is 1.80 bits per heavy atom. The van der Waals surface area contributed by atoms with Gasteiger partial charge in [-0.2, -0.15) is 0 Å². The second kappa shape index (κ2) is 7.97. The maximum atomic E-state index is 11.7. The molecule has 0 spiro atoms. The van der Waals surface area contributed by atoms with Crippen molar-refractivity contribution in [3.8, 4) is 11.5 Å². The van der Waals surface area contributed by atoms with Gasteiger partial charge in [-0.3, -0.25) is 9.78 Å². The van der Waals surface area contributed by atoms with Crippen molar-refractivity contribution >= 4 is 11.4 Å². The Morgan fingerprint density at radius 1 is 1.08 bits per heavy atom. The molecular formula is C21H23NO3. The maximum Gasteiger partial charge on any atom is 0.162 e. The summed E-state index contributed by atoms with van der Waals surface area (Å²) >= 11 is 0. The number of rotatable bonds is 6. The highest BCUT2D eigenvalue weighted by Crippen LogP contribution is 2.35. The van der Waals surface area contributed by atoms with Crippen LogP contribution in [-0.4, -0.2) is 24.0 Å². The Balaban J connectivity index is 2.00. The van der Waals surface area contributed by atoms with Crippen LogP contribution in [0.2, 0.25) is 0 Å². The summed E-state index contributed by atoms with van der Waals surface area (Å²) in [6.45, 7) is 1.56. The molecular weight excluding hydrogens is 314 g/mol. The molecule has 4 heteroatoms. The number of allylic oxidation sites excluding steroid dienone is 1. The molecule has 0 unspecified atom stereocenters. The van der Waals surface area contributed by atoms with Gasteiger partial charge in [-0.15, -0.1) is 0 Å². The van der Waals surface area contributed by atoms with Crippen LogP contribution in [0.25, 0.3) is 5.57 Å². The number of nitrogens with zero attached hydrogens (tertiary/aromatic N) is 1. The highest BCUT2D eigenvalue weighted by atomic mass is 16.5. The fraction of sp³-hybridized carbons (Fsp3) is 0.333. The zero-order chi connectivity index (χ0) is 17.6. The van der Waals surface area contributed by atoms with E-state index in [0.717, 1.165) is 35.3 Å². The Bertz CT molecular complexity index is 762. The maximum absolute atomic E-state index is 11.7. The molecule has 1 aromatic heterocycles. The second-order valence-electron chi connectivity index (χ2n) is 6.29. The average Bonchev–Trinajstić information content (AvgIpc) is 3.13. The molecule has 1 aliphatic carbocycles. The van der Waals surface area contributed by atoms with Gasteiger partial charge in [0.25, 0.3) is 0 Å². The number of ether oxygens (including phenoxy) is 2. The standard InChI is InChI=1S/C21H23NO3/c1-15(23)13-19(16-9-11-22-12-10-16)17-7-8-20(24-2)21(14-17)25-18-5-3-4-6-18/h7-14,18H,3-6H2,1-2H3/b19-13-. The fourth-order valence-electron chi connectivity index (χ4n) is 3.19. The molecule has 0 N–H and O–H groups in total. The van der Waals surface area contributed by atoms with Gasteiger partial charge < -0.3 is 9.47 Å². The molecule has 0 bridgehead atoms. The molecule has 0 amide bonds. The summed E-state index contributed by atoms with van der Waals surface area (Å²) in [6, 6.07) is 9.61. The summed E-state index contributed by atoms with van der Waals surface area (Å²) in [4.78, 5) is 15.8. The Labute approximate surface area is 148 Å². The van der Waals surface area contributed by atoms with Crippen molar-refractivity contribution in [2.45, 2.75) is 38.7 Å². The van der Waals surface area contributed by atoms with Gasteiger partial charge in [-0.25, -0.2) is 0 Å². The van der Waals surface area contributed by atoms with Crippen LogP contribution in [0.1, 0.15) is 43.7 Å². The Hall–Kier alpha value is -2.62. The summed E-state index contributed by atoms with van der Waals surface area (Å²) in [5, 5.41) is 0. The number of hydrogen-bond donors (Lipinski definition) is 0. The van der Waals surface area contributed by atoms with Gasteiger partial charge in [0, 0.05) is 12.4 Å². The molecule has 130 valence electrons. The number of ketones is 1. The van der Waals surface area contributed by atoms with Crippen LogP contribution in [0, 0.1) is 0 Å². The first kappa shape index (κ1) is 17.2. The van der Waals surface area contributed by atoms with Gasteiger partial charge in [-0.1, -0.05) is 6.07 Å². The van der Waals surface area contributed by atoms with Crippen LogP contribution in [0.5, 0.6) is 11.5 Å². The van der Waals surface area contributed by atoms with E-state index in [9.17, 15) is 4.79 Å². The zero-order valence-electron chi connectivity index (χ0n) is 14.7. The van der Waals surface area contributed by atoms with Crippen LogP contribution in [0.3, 0.4) is 0 Å². The normalized spacial score (nSPS) is 15.2. The minimum Gasteiger partial charge on any atom is -0.493 e. The molecule has 1 heterocycles. The third-order valence-electron chi connectivity index (χ3n) is 4.41. The largest absolute Gasteiger partial charge is 0.493 e. The van der Waals surface area contributed by atoms with Crippen molar-refractivity contribution in [3.63, 3.8) is 0 Å². The van der Waals surface area contributed by atoms with Gasteiger partial charge in [0.2, 0.25) is 0 Å². The molecule has 0 atom stereocenters. The molecule has 1 fully saturated rings. The van der Waals surface area contributed by atoms with Crippen molar-refractivity contribution in [3.05, 3.63) is 59.9 Å². The summed E-state index contributed by atoms with van der Waals surface area (Å²) in [6.07, 6.45) is 9.91. The van der Waals surface area contributed by atoms with Gasteiger partial charge in [0.1, 0.15) is 0 Å². The van der Waals surface area contributed by atoms with Crippen LogP contribution in [-0.2, 0) is 4.79 Å². The second-order valence-corrected chi connectivity index (χ2v) is 6.29. The van der Waals surface area contributed by atoms with Crippen molar-refractivity contribution in [1.82, 2.24) is 4.98 Å². The third kappa shape index (κ3) is 4.27. The summed E-state index contributed by atoms with van der Waals surface area (Å²) in [5.74, 6) is 1.45. The number of carbonyl (C=O) groups is 1. The van der Waals surface area contributed by atoms with Crippen LogP contribution in [0.4, 0.5) is 0 Å². The van der Waals surface area contributed by atoms with Crippen molar-refractivity contribution in [2.24, 2.45) is 0 Å². The SMILES string of the molecule is COc1ccc(/C(=C\C(C)=O)c2ccncc2)cc1OC1CCCC1. The molecule has 0 aliphatic heterocycles. The predicted octanol–water partition coefficient (Wildman–Crippen LogP) is 4.43. The Kier molecular flexibility index (Phi) is 5.49. The Morgan fingerprint density at radius 3 is 2.44 bits per heavy atom. The lowest BCUT2D eigenvalue weighted by molar-refractivity contribution is -0.112. The lowest BCUT2D eigenvalue weighted by Gasteiger charge is -2.18. The lowest BCUT2D eigenvalue weighted by Crippen LogP contribution is -2.11. The number of pyridine rings is 1. The number of carbonyl (C=O) groups excluding carboxylic acids is 1. The van der Waals surface area contributed by atoms with Gasteiger partial charge in [0.15, 0.2) is 17.3 Å². The van der Waals surface area contributed by atoms with E-state index in [1.165, 1.54) is 12.8 Å². The minimum absolute atomic E-state index is 0.000826. The van der Waals surface area contributed by atoms with Crippen LogP contribution >= 0.6 is 0 Å². The number of benzene rings is 1. The number of hydrogen-bond acceptors (Lipinski definition) is 4. The fourth-order valence-corrected chi connectivity index (χ4v) is 3.19. The van der Waals surface area contributed by atoms with Gasteiger partial charge >= 0.3 is 0 Å². The third-order valence-corrected chi connectivity index (χ3v) is 4.41. The average molecular weight is 337 g/mol. The number of methoxy groups -OCH3 is 1. The van der Waals surface area contributed by atoms with Crippen molar-refractivity contribution < 1.29 is 14.3 Å². The number of aromatic nitrogens is 1. The minimum atomic E-state index is 0.000826.